The fraction of sp³-hybridized carbons (Fsp3) is 0.571. The third kappa shape index (κ3) is 23.8. The Morgan fingerprint density at radius 2 is 0.955 bits per heavy atom. The molecule has 4 nitrogen and oxygen atoms in total. The Morgan fingerprint density at radius 1 is 0.591 bits per heavy atom. The summed E-state index contributed by atoms with van der Waals surface area (Å²) in [6.07, 6.45) is 2.05. The van der Waals surface area contributed by atoms with E-state index in [1.807, 2.05) is 50.3 Å². The van der Waals surface area contributed by atoms with Crippen molar-refractivity contribution >= 4 is 50.0 Å². The van der Waals surface area contributed by atoms with E-state index in [4.69, 9.17) is 14.3 Å². The first-order chi connectivity index (χ1) is 19.3. The van der Waals surface area contributed by atoms with E-state index >= 15 is 0 Å². The minimum atomic E-state index is -1.11. The number of allylic oxidation sites excluding steroid dienone is 2. The number of hydrogen-bond acceptors (Lipinski definition) is 1. The van der Waals surface area contributed by atoms with Crippen molar-refractivity contribution in [3.05, 3.63) is 86.0 Å². The summed E-state index contributed by atoms with van der Waals surface area (Å²) in [7, 11) is -4.42. The van der Waals surface area contributed by atoms with Gasteiger partial charge in [-0.05, 0) is 29.9 Å². The number of aliphatic imine (C=N–C) groups is 1. The predicted molar refractivity (Wildman–Crippen MR) is 211 cm³/mol. The molecule has 2 aromatic carbocycles. The number of hydrogen-bond donors (Lipinski definition) is 0. The summed E-state index contributed by atoms with van der Waals surface area (Å²) in [5, 5.41) is 4.64. The third-order valence-corrected chi connectivity index (χ3v) is 16.2. The minimum absolute atomic E-state index is 0. The molecule has 244 valence electrons. The van der Waals surface area contributed by atoms with Crippen LogP contribution in [0.3, 0.4) is 0 Å². The monoisotopic (exact) mass is 742 g/mol. The zero-order valence-electron chi connectivity index (χ0n) is 31.7. The molecule has 0 heterocycles. The molecule has 9 heteroatoms. The van der Waals surface area contributed by atoms with Gasteiger partial charge in [-0.3, -0.25) is 4.99 Å². The first kappa shape index (κ1) is 45.7. The molecule has 2 aromatic rings. The Labute approximate surface area is 303 Å². The van der Waals surface area contributed by atoms with Crippen molar-refractivity contribution in [2.45, 2.75) is 132 Å². The van der Waals surface area contributed by atoms with Gasteiger partial charge in [-0.2, -0.15) is 5.70 Å². The normalized spacial score (nSPS) is 13.0. The summed E-state index contributed by atoms with van der Waals surface area (Å²) >= 11 is 0. The first-order valence-electron chi connectivity index (χ1n) is 15.9. The van der Waals surface area contributed by atoms with Crippen LogP contribution in [0.1, 0.15) is 64.5 Å². The Kier molecular flexibility index (Phi) is 20.8. The molecule has 0 amide bonds. The van der Waals surface area contributed by atoms with Crippen molar-refractivity contribution in [2.75, 3.05) is 0 Å². The van der Waals surface area contributed by atoms with Crippen molar-refractivity contribution < 1.29 is 32.7 Å². The second-order valence-corrected chi connectivity index (χ2v) is 35.1. The molecule has 0 saturated heterocycles. The van der Waals surface area contributed by atoms with Gasteiger partial charge in [0.15, 0.2) is 0 Å². The van der Waals surface area contributed by atoms with E-state index in [2.05, 4.69) is 130 Å². The minimum Gasteiger partial charge on any atom is -0.668 e. The van der Waals surface area contributed by atoms with Crippen LogP contribution in [0.4, 0.5) is 11.4 Å². The molecule has 0 fully saturated rings. The molecule has 0 aliphatic heterocycles. The summed E-state index contributed by atoms with van der Waals surface area (Å²) in [6, 6.07) is 16.5. The maximum Gasteiger partial charge on any atom is 3.00 e. The molecule has 0 atom stereocenters. The summed E-state index contributed by atoms with van der Waals surface area (Å²) in [5.41, 5.74) is 6.63. The van der Waals surface area contributed by atoms with Crippen molar-refractivity contribution in [3.8, 4) is 0 Å². The molecule has 0 aliphatic carbocycles. The van der Waals surface area contributed by atoms with Gasteiger partial charge < -0.3 is 14.6 Å². The molecule has 0 unspecified atom stereocenters. The summed E-state index contributed by atoms with van der Waals surface area (Å²) in [5.74, 6) is 0.897. The van der Waals surface area contributed by atoms with Gasteiger partial charge in [-0.25, -0.2) is 0 Å². The fourth-order valence-corrected chi connectivity index (χ4v) is 21.0. The Bertz CT molecular complexity index is 1080. The van der Waals surface area contributed by atoms with E-state index < -0.39 is 32.9 Å². The molecular weight excluding hydrogens is 678 g/mol. The molecule has 44 heavy (non-hydrogen) atoms. The summed E-state index contributed by atoms with van der Waals surface area (Å²) in [4.78, 5) is 4.96. The second-order valence-electron chi connectivity index (χ2n) is 16.0. The van der Waals surface area contributed by atoms with Gasteiger partial charge in [0.2, 0.25) is 0 Å². The number of para-hydroxylation sites is 2. The van der Waals surface area contributed by atoms with E-state index in [0.29, 0.717) is 11.8 Å². The average Bonchev–Trinajstić information content (AvgIpc) is 2.75. The van der Waals surface area contributed by atoms with Gasteiger partial charge >= 0.3 is 32.7 Å². The van der Waals surface area contributed by atoms with Crippen molar-refractivity contribution in [3.63, 3.8) is 0 Å². The van der Waals surface area contributed by atoms with Crippen LogP contribution in [-0.4, -0.2) is 38.7 Å². The van der Waals surface area contributed by atoms with Crippen LogP contribution in [0.5, 0.6) is 0 Å². The molecule has 0 radical (unpaired) electrons. The molecule has 0 aliphatic rings. The van der Waals surface area contributed by atoms with Crippen molar-refractivity contribution in [1.82, 2.24) is 0 Å². The molecule has 0 bridgehead atoms. The van der Waals surface area contributed by atoms with Crippen molar-refractivity contribution in [1.29, 1.82) is 0 Å². The molecular formula is C35H65N4Si4Y. The smallest absolute Gasteiger partial charge is 0.668 e. The Balaban J connectivity index is 0. The van der Waals surface area contributed by atoms with E-state index in [0.717, 1.165) is 22.8 Å². The zero-order chi connectivity index (χ0) is 33.8. The first-order valence-corrected chi connectivity index (χ1v) is 29.7. The average molecular weight is 743 g/mol. The number of rotatable bonds is 10. The summed E-state index contributed by atoms with van der Waals surface area (Å²) in [6.45, 7) is 40.5. The standard InChI is InChI=1S/C23H29N2.2C6H18NSi2.Y/c1-16(2)21-13-10-14-22(17(3)4)23(21)25-19(6)15-18(5)24-20-11-8-7-9-12-20;2*1-8(2,3)7-9(4,5)6;/h7-17H,1-6H3;2*1-6H3;/q3*-1;+3/b18-15-,25-19?;;;. The van der Waals surface area contributed by atoms with Gasteiger partial charge in [0.1, 0.15) is 0 Å². The predicted octanol–water partition coefficient (Wildman–Crippen LogP) is 13.7. The van der Waals surface area contributed by atoms with Gasteiger partial charge in [-0.15, -0.1) is 5.69 Å². The Morgan fingerprint density at radius 3 is 1.25 bits per heavy atom. The fourth-order valence-electron chi connectivity index (χ4n) is 4.90. The second kappa shape index (κ2) is 20.0. The van der Waals surface area contributed by atoms with E-state index in [1.165, 1.54) is 11.1 Å². The third-order valence-electron chi connectivity index (χ3n) is 5.45. The van der Waals surface area contributed by atoms with E-state index in [-0.39, 0.29) is 32.7 Å². The van der Waals surface area contributed by atoms with Crippen LogP contribution < -0.4 is 0 Å². The van der Waals surface area contributed by atoms with Crippen LogP contribution >= 0.6 is 0 Å². The molecule has 0 N–H and O–H groups in total. The van der Waals surface area contributed by atoms with Crippen LogP contribution in [0.15, 0.2) is 65.3 Å². The number of benzene rings is 2. The number of nitrogens with zero attached hydrogens (tertiary/aromatic N) is 4. The van der Waals surface area contributed by atoms with Gasteiger partial charge in [0, 0.05) is 5.71 Å². The van der Waals surface area contributed by atoms with Crippen molar-refractivity contribution in [2.24, 2.45) is 4.99 Å². The van der Waals surface area contributed by atoms with Crippen LogP contribution in [0, 0.1) is 0 Å². The molecule has 0 aromatic heterocycles. The van der Waals surface area contributed by atoms with Crippen LogP contribution in [-0.2, 0) is 32.7 Å². The maximum atomic E-state index is 4.96. The van der Waals surface area contributed by atoms with Crippen LogP contribution in [0.2, 0.25) is 78.6 Å². The van der Waals surface area contributed by atoms with E-state index in [1.54, 1.807) is 0 Å². The topological polar surface area (TPSA) is 54.7 Å². The van der Waals surface area contributed by atoms with Crippen LogP contribution in [0.25, 0.3) is 14.6 Å². The zero-order valence-corrected chi connectivity index (χ0v) is 38.6. The maximum absolute atomic E-state index is 4.96. The summed E-state index contributed by atoms with van der Waals surface area (Å²) < 4.78 is 9.64. The molecule has 2 rings (SSSR count). The SMILES string of the molecule is CC(/C=C(/C)[N-]c1ccccc1)=Nc1c(C(C)C)cccc1C(C)C.C[Si](C)(C)[N-][Si](C)(C)C.C[Si](C)(C)[N-][Si](C)(C)C.[Y+3]. The van der Waals surface area contributed by atoms with E-state index in [9.17, 15) is 0 Å². The van der Waals surface area contributed by atoms with Gasteiger partial charge in [0.05, 0.1) is 5.69 Å². The van der Waals surface area contributed by atoms with Gasteiger partial charge in [0.25, 0.3) is 0 Å². The quantitative estimate of drug-likeness (QED) is 0.172. The van der Waals surface area contributed by atoms with Gasteiger partial charge in [-0.1, -0.05) is 201 Å². The molecule has 0 spiro atoms. The molecule has 0 saturated carbocycles. The largest absolute Gasteiger partial charge is 3.00 e. The Hall–Kier alpha value is -0.459.